The first-order valence-corrected chi connectivity index (χ1v) is 7.25. The molecule has 1 aliphatic carbocycles. The van der Waals surface area contributed by atoms with Crippen LogP contribution in [-0.4, -0.2) is 23.4 Å². The van der Waals surface area contributed by atoms with E-state index in [1.165, 1.54) is 12.8 Å². The van der Waals surface area contributed by atoms with Crippen molar-refractivity contribution in [2.45, 2.75) is 46.1 Å². The van der Waals surface area contributed by atoms with Crippen molar-refractivity contribution in [2.75, 3.05) is 6.54 Å². The van der Waals surface area contributed by atoms with E-state index in [0.29, 0.717) is 16.9 Å². The van der Waals surface area contributed by atoms with Crippen LogP contribution >= 0.6 is 0 Å². The summed E-state index contributed by atoms with van der Waals surface area (Å²) in [7, 11) is 0. The van der Waals surface area contributed by atoms with E-state index >= 15 is 0 Å². The summed E-state index contributed by atoms with van der Waals surface area (Å²) in [6.45, 7) is 7.95. The second kappa shape index (κ2) is 4.09. The van der Waals surface area contributed by atoms with Gasteiger partial charge in [-0.05, 0) is 42.2 Å². The van der Waals surface area contributed by atoms with Crippen LogP contribution in [0.25, 0.3) is 0 Å². The third-order valence-corrected chi connectivity index (χ3v) is 4.70. The predicted octanol–water partition coefficient (Wildman–Crippen LogP) is 3.73. The summed E-state index contributed by atoms with van der Waals surface area (Å²) >= 11 is 0. The minimum atomic E-state index is 0.215. The number of nitrogens with zero attached hydrogens (tertiary/aromatic N) is 1. The summed E-state index contributed by atoms with van der Waals surface area (Å²) in [6.07, 6.45) is 3.55. The van der Waals surface area contributed by atoms with Crippen LogP contribution in [0.15, 0.2) is 30.3 Å². The lowest BCUT2D eigenvalue weighted by Gasteiger charge is -2.39. The fourth-order valence-electron chi connectivity index (χ4n) is 4.44. The van der Waals surface area contributed by atoms with Gasteiger partial charge in [-0.2, -0.15) is 0 Å². The van der Waals surface area contributed by atoms with Crippen LogP contribution in [0.1, 0.15) is 50.4 Å². The Labute approximate surface area is 115 Å². The van der Waals surface area contributed by atoms with Gasteiger partial charge < -0.3 is 4.90 Å². The molecule has 1 saturated heterocycles. The van der Waals surface area contributed by atoms with Crippen LogP contribution in [-0.2, 0) is 0 Å². The number of rotatable bonds is 1. The highest BCUT2D eigenvalue weighted by Crippen LogP contribution is 2.52. The van der Waals surface area contributed by atoms with Crippen LogP contribution in [0.5, 0.6) is 0 Å². The van der Waals surface area contributed by atoms with Gasteiger partial charge in [0.25, 0.3) is 5.91 Å². The maximum Gasteiger partial charge on any atom is 0.254 e. The molecule has 1 saturated carbocycles. The predicted molar refractivity (Wildman–Crippen MR) is 77.0 cm³/mol. The van der Waals surface area contributed by atoms with Crippen molar-refractivity contribution in [3.8, 4) is 0 Å². The Morgan fingerprint density at radius 1 is 1.16 bits per heavy atom. The molecule has 19 heavy (non-hydrogen) atoms. The summed E-state index contributed by atoms with van der Waals surface area (Å²) in [6, 6.07) is 10.1. The number of hydrogen-bond acceptors (Lipinski definition) is 1. The van der Waals surface area contributed by atoms with Gasteiger partial charge in [-0.25, -0.2) is 0 Å². The molecule has 102 valence electrons. The number of likely N-dealkylation sites (tertiary alicyclic amines) is 1. The van der Waals surface area contributed by atoms with Gasteiger partial charge in [0.15, 0.2) is 0 Å². The zero-order valence-corrected chi connectivity index (χ0v) is 12.1. The topological polar surface area (TPSA) is 20.3 Å². The first-order chi connectivity index (χ1) is 8.89. The molecule has 1 heterocycles. The Morgan fingerprint density at radius 2 is 1.84 bits per heavy atom. The van der Waals surface area contributed by atoms with Crippen LogP contribution in [0.2, 0.25) is 0 Å². The summed E-state index contributed by atoms with van der Waals surface area (Å²) in [4.78, 5) is 14.8. The van der Waals surface area contributed by atoms with E-state index in [1.807, 2.05) is 30.3 Å². The van der Waals surface area contributed by atoms with Crippen LogP contribution in [0.4, 0.5) is 0 Å². The number of benzene rings is 1. The Bertz CT molecular complexity index is 493. The highest BCUT2D eigenvalue weighted by Gasteiger charge is 2.50. The summed E-state index contributed by atoms with van der Waals surface area (Å²) in [5.74, 6) is 0.215. The molecule has 2 atom stereocenters. The lowest BCUT2D eigenvalue weighted by molar-refractivity contribution is 0.0708. The smallest absolute Gasteiger partial charge is 0.254 e. The molecule has 2 bridgehead atoms. The van der Waals surface area contributed by atoms with E-state index in [-0.39, 0.29) is 5.91 Å². The van der Waals surface area contributed by atoms with E-state index < -0.39 is 0 Å². The number of hydrogen-bond donors (Lipinski definition) is 0. The molecular formula is C17H23NO. The van der Waals surface area contributed by atoms with Crippen molar-refractivity contribution in [3.63, 3.8) is 0 Å². The SMILES string of the molecule is CC1(C)C[C@@H]2C[C@](C)(CN2C(=O)c2ccccc2)C1. The lowest BCUT2D eigenvalue weighted by atomic mass is 9.65. The first kappa shape index (κ1) is 12.7. The largest absolute Gasteiger partial charge is 0.335 e. The number of carbonyl (C=O) groups excluding carboxylic acids is 1. The second-order valence-corrected chi connectivity index (χ2v) is 7.51. The Balaban J connectivity index is 1.86. The molecule has 1 aromatic carbocycles. The summed E-state index contributed by atoms with van der Waals surface area (Å²) in [5, 5.41) is 0. The van der Waals surface area contributed by atoms with Gasteiger partial charge in [0.2, 0.25) is 0 Å². The third-order valence-electron chi connectivity index (χ3n) is 4.70. The number of carbonyl (C=O) groups is 1. The molecule has 3 rings (SSSR count). The number of fused-ring (bicyclic) bond motifs is 2. The Kier molecular flexibility index (Phi) is 2.74. The van der Waals surface area contributed by atoms with Crippen molar-refractivity contribution in [3.05, 3.63) is 35.9 Å². The monoisotopic (exact) mass is 257 g/mol. The van der Waals surface area contributed by atoms with E-state index in [2.05, 4.69) is 25.7 Å². The minimum absolute atomic E-state index is 0.215. The van der Waals surface area contributed by atoms with Crippen LogP contribution in [0.3, 0.4) is 0 Å². The fourth-order valence-corrected chi connectivity index (χ4v) is 4.44. The Hall–Kier alpha value is -1.31. The van der Waals surface area contributed by atoms with Gasteiger partial charge in [-0.1, -0.05) is 39.0 Å². The average Bonchev–Trinajstić information content (AvgIpc) is 2.59. The van der Waals surface area contributed by atoms with Gasteiger partial charge in [0.1, 0.15) is 0 Å². The molecule has 0 spiro atoms. The van der Waals surface area contributed by atoms with Gasteiger partial charge >= 0.3 is 0 Å². The average molecular weight is 257 g/mol. The molecule has 0 unspecified atom stereocenters. The third kappa shape index (κ3) is 2.29. The molecule has 2 heteroatoms. The fraction of sp³-hybridized carbons (Fsp3) is 0.588. The van der Waals surface area contributed by atoms with Crippen molar-refractivity contribution < 1.29 is 4.79 Å². The maximum absolute atomic E-state index is 12.7. The van der Waals surface area contributed by atoms with Crippen molar-refractivity contribution >= 4 is 5.91 Å². The quantitative estimate of drug-likeness (QED) is 0.750. The Morgan fingerprint density at radius 3 is 2.53 bits per heavy atom. The van der Waals surface area contributed by atoms with Gasteiger partial charge in [-0.15, -0.1) is 0 Å². The molecule has 0 aromatic heterocycles. The molecule has 0 N–H and O–H groups in total. The molecular weight excluding hydrogens is 234 g/mol. The summed E-state index contributed by atoms with van der Waals surface area (Å²) in [5.41, 5.74) is 1.51. The minimum Gasteiger partial charge on any atom is -0.335 e. The first-order valence-electron chi connectivity index (χ1n) is 7.25. The number of amides is 1. The molecule has 1 amide bonds. The van der Waals surface area contributed by atoms with E-state index in [0.717, 1.165) is 18.5 Å². The normalized spacial score (nSPS) is 32.4. The molecule has 1 aromatic rings. The lowest BCUT2D eigenvalue weighted by Crippen LogP contribution is -2.37. The highest BCUT2D eigenvalue weighted by atomic mass is 16.2. The maximum atomic E-state index is 12.7. The molecule has 1 aliphatic heterocycles. The van der Waals surface area contributed by atoms with E-state index in [4.69, 9.17) is 0 Å². The molecule has 2 nitrogen and oxygen atoms in total. The second-order valence-electron chi connectivity index (χ2n) is 7.51. The van der Waals surface area contributed by atoms with Crippen LogP contribution in [0, 0.1) is 10.8 Å². The molecule has 2 fully saturated rings. The van der Waals surface area contributed by atoms with E-state index in [9.17, 15) is 4.79 Å². The van der Waals surface area contributed by atoms with Crippen molar-refractivity contribution in [2.24, 2.45) is 10.8 Å². The molecule has 2 aliphatic rings. The van der Waals surface area contributed by atoms with Crippen molar-refractivity contribution in [1.29, 1.82) is 0 Å². The zero-order chi connectivity index (χ0) is 13.7. The van der Waals surface area contributed by atoms with Gasteiger partial charge in [-0.3, -0.25) is 4.79 Å². The highest BCUT2D eigenvalue weighted by molar-refractivity contribution is 5.94. The van der Waals surface area contributed by atoms with Gasteiger partial charge in [0.05, 0.1) is 0 Å². The van der Waals surface area contributed by atoms with E-state index in [1.54, 1.807) is 0 Å². The molecule has 0 radical (unpaired) electrons. The summed E-state index contributed by atoms with van der Waals surface area (Å²) < 4.78 is 0. The van der Waals surface area contributed by atoms with Crippen LogP contribution < -0.4 is 0 Å². The standard InChI is InChI=1S/C17H23NO/c1-16(2)9-14-10-17(3,11-16)12-18(14)15(19)13-7-5-4-6-8-13/h4-8,14H,9-12H2,1-3H3/t14-,17+/m1/s1. The van der Waals surface area contributed by atoms with Gasteiger partial charge in [0, 0.05) is 18.2 Å². The van der Waals surface area contributed by atoms with Crippen molar-refractivity contribution in [1.82, 2.24) is 4.90 Å². The zero-order valence-electron chi connectivity index (χ0n) is 12.1.